The predicted octanol–water partition coefficient (Wildman–Crippen LogP) is 12.2. The lowest BCUT2D eigenvalue weighted by Crippen LogP contribution is -2.45. The normalized spacial score (nSPS) is 18.9. The van der Waals surface area contributed by atoms with Crippen molar-refractivity contribution in [2.75, 3.05) is 0 Å². The Labute approximate surface area is 306 Å². The number of hydrogen-bond acceptors (Lipinski definition) is 3. The molecule has 1 aliphatic heterocycles. The van der Waals surface area contributed by atoms with Crippen LogP contribution in [0.2, 0.25) is 0 Å². The number of hydrogen-bond donors (Lipinski definition) is 0. The number of benzene rings is 6. The topological polar surface area (TPSA) is 48.8 Å². The maximum Gasteiger partial charge on any atom is 0.197 e. The highest BCUT2D eigenvalue weighted by Gasteiger charge is 2.50. The van der Waals surface area contributed by atoms with Gasteiger partial charge in [-0.3, -0.25) is 4.57 Å². The van der Waals surface area contributed by atoms with Crippen LogP contribution in [-0.4, -0.2) is 19.1 Å². The highest BCUT2D eigenvalue weighted by atomic mass is 16.3. The van der Waals surface area contributed by atoms with Crippen molar-refractivity contribution in [3.63, 3.8) is 0 Å². The molecule has 6 aromatic carbocycles. The van der Waals surface area contributed by atoms with Crippen LogP contribution in [0.5, 0.6) is 0 Å². The molecule has 0 amide bonds. The SMILES string of the molecule is CC1CC(C)(C)c2cccc3c2C1(C)c1cccc2c4cc5c6ccccc6n(-c6nc(-c7ccccc7)nc7c6oc6ccccc67)c5cc4n-3c12. The molecule has 5 heterocycles. The Morgan fingerprint density at radius 1 is 0.623 bits per heavy atom. The van der Waals surface area contributed by atoms with Crippen LogP contribution >= 0.6 is 0 Å². The minimum Gasteiger partial charge on any atom is -0.450 e. The number of furan rings is 1. The molecule has 0 N–H and O–H groups in total. The van der Waals surface area contributed by atoms with E-state index < -0.39 is 0 Å². The number of rotatable bonds is 2. The fourth-order valence-electron chi connectivity index (χ4n) is 10.4. The average Bonchev–Trinajstić information content (AvgIpc) is 3.83. The van der Waals surface area contributed by atoms with Gasteiger partial charge in [0, 0.05) is 37.9 Å². The molecule has 0 saturated carbocycles. The van der Waals surface area contributed by atoms with Crippen LogP contribution in [0.25, 0.3) is 88.6 Å². The van der Waals surface area contributed by atoms with Gasteiger partial charge in [-0.15, -0.1) is 0 Å². The van der Waals surface area contributed by atoms with Crippen LogP contribution in [0.4, 0.5) is 0 Å². The van der Waals surface area contributed by atoms with Crippen molar-refractivity contribution in [1.29, 1.82) is 0 Å². The van der Waals surface area contributed by atoms with E-state index in [1.54, 1.807) is 0 Å². The predicted molar refractivity (Wildman–Crippen MR) is 217 cm³/mol. The first-order valence-corrected chi connectivity index (χ1v) is 18.7. The zero-order valence-electron chi connectivity index (χ0n) is 30.1. The summed E-state index contributed by atoms with van der Waals surface area (Å²) < 4.78 is 11.6. The second-order valence-electron chi connectivity index (χ2n) is 16.2. The third-order valence-corrected chi connectivity index (χ3v) is 12.9. The van der Waals surface area contributed by atoms with E-state index in [1.165, 1.54) is 55.0 Å². The highest BCUT2D eigenvalue weighted by molar-refractivity contribution is 6.20. The molecule has 0 fully saturated rings. The molecule has 2 aliphatic rings. The molecule has 2 unspecified atom stereocenters. The molecule has 10 aromatic rings. The van der Waals surface area contributed by atoms with Gasteiger partial charge < -0.3 is 8.98 Å². The first-order chi connectivity index (χ1) is 25.8. The zero-order valence-corrected chi connectivity index (χ0v) is 30.1. The maximum atomic E-state index is 6.68. The summed E-state index contributed by atoms with van der Waals surface area (Å²) in [7, 11) is 0. The van der Waals surface area contributed by atoms with Gasteiger partial charge >= 0.3 is 0 Å². The van der Waals surface area contributed by atoms with Gasteiger partial charge in [0.15, 0.2) is 17.2 Å². The average molecular weight is 685 g/mol. The molecular formula is C48H36N4O. The van der Waals surface area contributed by atoms with Crippen molar-refractivity contribution in [2.24, 2.45) is 5.92 Å². The van der Waals surface area contributed by atoms with Gasteiger partial charge in [-0.2, -0.15) is 0 Å². The Morgan fingerprint density at radius 2 is 1.32 bits per heavy atom. The Hall–Kier alpha value is -6.20. The summed E-state index contributed by atoms with van der Waals surface area (Å²) in [5.41, 5.74) is 13.6. The largest absolute Gasteiger partial charge is 0.450 e. The number of aromatic nitrogens is 4. The van der Waals surface area contributed by atoms with Crippen LogP contribution < -0.4 is 0 Å². The van der Waals surface area contributed by atoms with Crippen molar-refractivity contribution in [3.05, 3.63) is 144 Å². The van der Waals surface area contributed by atoms with Gasteiger partial charge in [0.05, 0.1) is 27.8 Å². The maximum absolute atomic E-state index is 6.68. The fourth-order valence-corrected chi connectivity index (χ4v) is 10.4. The summed E-state index contributed by atoms with van der Waals surface area (Å²) in [5.74, 6) is 1.90. The highest BCUT2D eigenvalue weighted by Crippen LogP contribution is 2.59. The summed E-state index contributed by atoms with van der Waals surface area (Å²) in [5, 5.41) is 5.93. The lowest BCUT2D eigenvalue weighted by atomic mass is 9.54. The van der Waals surface area contributed by atoms with Gasteiger partial charge in [0.2, 0.25) is 0 Å². The second kappa shape index (κ2) is 9.81. The summed E-state index contributed by atoms with van der Waals surface area (Å²) >= 11 is 0. The molecule has 0 bridgehead atoms. The molecule has 0 spiro atoms. The van der Waals surface area contributed by atoms with Crippen LogP contribution in [0, 0.1) is 5.92 Å². The number of fused-ring (bicyclic) bond motifs is 11. The molecule has 5 heteroatoms. The van der Waals surface area contributed by atoms with Crippen LogP contribution in [-0.2, 0) is 10.8 Å². The molecule has 1 aliphatic carbocycles. The van der Waals surface area contributed by atoms with Gasteiger partial charge in [-0.1, -0.05) is 119 Å². The van der Waals surface area contributed by atoms with E-state index in [2.05, 4.69) is 128 Å². The Bertz CT molecular complexity index is 3210. The zero-order chi connectivity index (χ0) is 35.4. The van der Waals surface area contributed by atoms with E-state index >= 15 is 0 Å². The lowest BCUT2D eigenvalue weighted by molar-refractivity contribution is 0.250. The van der Waals surface area contributed by atoms with E-state index in [-0.39, 0.29) is 10.8 Å². The minimum atomic E-state index is -0.0889. The van der Waals surface area contributed by atoms with Gasteiger partial charge in [0.1, 0.15) is 11.1 Å². The molecule has 12 rings (SSSR count). The quantitative estimate of drug-likeness (QED) is 0.182. The lowest BCUT2D eigenvalue weighted by Gasteiger charge is -2.51. The van der Waals surface area contributed by atoms with E-state index in [1.807, 2.05) is 36.4 Å². The molecule has 4 aromatic heterocycles. The van der Waals surface area contributed by atoms with Crippen molar-refractivity contribution in [2.45, 2.75) is 44.9 Å². The minimum absolute atomic E-state index is 0.0831. The first-order valence-electron chi connectivity index (χ1n) is 18.7. The van der Waals surface area contributed by atoms with Gasteiger partial charge in [-0.25, -0.2) is 9.97 Å². The fraction of sp³-hybridized carbons (Fsp3) is 0.167. The van der Waals surface area contributed by atoms with Crippen LogP contribution in [0.3, 0.4) is 0 Å². The Morgan fingerprint density at radius 3 is 2.19 bits per heavy atom. The third kappa shape index (κ3) is 3.57. The summed E-state index contributed by atoms with van der Waals surface area (Å²) in [6, 6.07) is 46.0. The van der Waals surface area contributed by atoms with Crippen LogP contribution in [0.1, 0.15) is 50.8 Å². The van der Waals surface area contributed by atoms with Crippen molar-refractivity contribution < 1.29 is 4.42 Å². The van der Waals surface area contributed by atoms with Crippen molar-refractivity contribution in [1.82, 2.24) is 19.1 Å². The van der Waals surface area contributed by atoms with E-state index in [0.717, 1.165) is 45.3 Å². The molecule has 0 saturated heterocycles. The summed E-state index contributed by atoms with van der Waals surface area (Å²) in [6.45, 7) is 9.82. The summed E-state index contributed by atoms with van der Waals surface area (Å²) in [6.07, 6.45) is 1.15. The molecular weight excluding hydrogens is 649 g/mol. The molecule has 53 heavy (non-hydrogen) atoms. The molecule has 2 atom stereocenters. The van der Waals surface area contributed by atoms with Gasteiger partial charge in [0.25, 0.3) is 0 Å². The van der Waals surface area contributed by atoms with E-state index in [9.17, 15) is 0 Å². The van der Waals surface area contributed by atoms with Crippen molar-refractivity contribution in [3.8, 4) is 22.9 Å². The first kappa shape index (κ1) is 29.4. The van der Waals surface area contributed by atoms with E-state index in [4.69, 9.17) is 14.4 Å². The number of nitrogens with zero attached hydrogens (tertiary/aromatic N) is 4. The molecule has 254 valence electrons. The smallest absolute Gasteiger partial charge is 0.197 e. The van der Waals surface area contributed by atoms with Crippen molar-refractivity contribution >= 4 is 65.7 Å². The standard InChI is InChI=1S/C48H36N4O/c1-27-26-47(2,3)34-19-13-22-37-41(34)48(27,4)35-20-12-18-30-33-24-32-29-16-8-10-21-36(29)52(39(32)25-38(33)51(37)43(30)35)46-44-42(31-17-9-11-23-40(31)53-44)49-45(50-46)28-14-6-5-7-15-28/h5-25,27H,26H2,1-4H3. The monoisotopic (exact) mass is 684 g/mol. The second-order valence-corrected chi connectivity index (χ2v) is 16.2. The molecule has 0 radical (unpaired) electrons. The number of para-hydroxylation sites is 3. The molecule has 5 nitrogen and oxygen atoms in total. The van der Waals surface area contributed by atoms with Crippen LogP contribution in [0.15, 0.2) is 132 Å². The Balaban J connectivity index is 1.26. The Kier molecular flexibility index (Phi) is 5.44. The van der Waals surface area contributed by atoms with E-state index in [0.29, 0.717) is 17.3 Å². The third-order valence-electron chi connectivity index (χ3n) is 12.9. The summed E-state index contributed by atoms with van der Waals surface area (Å²) in [4.78, 5) is 10.5. The van der Waals surface area contributed by atoms with Gasteiger partial charge in [-0.05, 0) is 70.8 Å².